The number of hydrogen-bond acceptors (Lipinski definition) is 4. The monoisotopic (exact) mass is 406 g/mol. The third-order valence-corrected chi connectivity index (χ3v) is 4.91. The Morgan fingerprint density at radius 3 is 2.03 bits per heavy atom. The van der Waals surface area contributed by atoms with E-state index in [9.17, 15) is 9.90 Å². The van der Waals surface area contributed by atoms with Crippen molar-refractivity contribution in [3.63, 3.8) is 0 Å². The lowest BCUT2D eigenvalue weighted by atomic mass is 9.89. The molecule has 0 spiro atoms. The van der Waals surface area contributed by atoms with Crippen LogP contribution < -0.4 is 0 Å². The van der Waals surface area contributed by atoms with Gasteiger partial charge in [-0.25, -0.2) is 4.79 Å². The third-order valence-electron chi connectivity index (χ3n) is 4.91. The fourth-order valence-electron chi connectivity index (χ4n) is 3.48. The molecule has 3 rings (SSSR count). The summed E-state index contributed by atoms with van der Waals surface area (Å²) in [5.41, 5.74) is 5.76. The first-order valence-electron chi connectivity index (χ1n) is 10.3. The smallest absolute Gasteiger partial charge is 0.334 e. The number of carbonyl (C=O) groups is 1. The van der Waals surface area contributed by atoms with Gasteiger partial charge in [-0.2, -0.15) is 0 Å². The van der Waals surface area contributed by atoms with Crippen LogP contribution in [0.25, 0.3) is 11.6 Å². The van der Waals surface area contributed by atoms with Crippen molar-refractivity contribution in [3.8, 4) is 5.75 Å². The molecule has 1 N–H and O–H groups in total. The van der Waals surface area contributed by atoms with Crippen LogP contribution in [0.3, 0.4) is 0 Å². The predicted octanol–water partition coefficient (Wildman–Crippen LogP) is 5.75. The summed E-state index contributed by atoms with van der Waals surface area (Å²) in [5, 5.41) is 9.67. The quantitative estimate of drug-likeness (QED) is 0.519. The second-order valence-corrected chi connectivity index (χ2v) is 8.59. The summed E-state index contributed by atoms with van der Waals surface area (Å²) in [6.45, 7) is 8.82. The molecule has 0 unspecified atom stereocenters. The van der Waals surface area contributed by atoms with Crippen molar-refractivity contribution < 1.29 is 19.4 Å². The van der Waals surface area contributed by atoms with Crippen LogP contribution in [0.2, 0.25) is 0 Å². The first kappa shape index (κ1) is 21.8. The molecule has 0 bridgehead atoms. The van der Waals surface area contributed by atoms with E-state index in [0.29, 0.717) is 5.57 Å². The van der Waals surface area contributed by atoms with Gasteiger partial charge in [0.2, 0.25) is 0 Å². The molecule has 0 aliphatic carbocycles. The molecule has 1 aliphatic rings. The number of phenols is 1. The minimum Gasteiger partial charge on any atom is -0.508 e. The molecule has 1 fully saturated rings. The number of esters is 1. The first-order valence-corrected chi connectivity index (χ1v) is 10.3. The van der Waals surface area contributed by atoms with E-state index in [1.807, 2.05) is 51.1 Å². The molecule has 4 heteroatoms. The van der Waals surface area contributed by atoms with E-state index >= 15 is 0 Å². The summed E-state index contributed by atoms with van der Waals surface area (Å²) < 4.78 is 11.0. The average Bonchev–Trinajstić information content (AvgIpc) is 2.70. The topological polar surface area (TPSA) is 55.8 Å². The number of phenolic OH excluding ortho intramolecular Hbond substituents is 1. The van der Waals surface area contributed by atoms with Crippen LogP contribution in [0.15, 0.2) is 59.7 Å². The molecule has 0 radical (unpaired) electrons. The highest BCUT2D eigenvalue weighted by Gasteiger charge is 2.18. The molecule has 2 aromatic carbocycles. The molecule has 0 saturated carbocycles. The molecule has 4 nitrogen and oxygen atoms in total. The lowest BCUT2D eigenvalue weighted by Gasteiger charge is -2.21. The molecule has 1 saturated heterocycles. The Labute approximate surface area is 178 Å². The number of hydrogen-bond donors (Lipinski definition) is 1. The Hall–Kier alpha value is -2.85. The van der Waals surface area contributed by atoms with Gasteiger partial charge in [0.15, 0.2) is 0 Å². The Bertz CT molecular complexity index is 934. The Morgan fingerprint density at radius 2 is 1.50 bits per heavy atom. The highest BCUT2D eigenvalue weighted by Crippen LogP contribution is 2.33. The Balaban J connectivity index is 1.90. The van der Waals surface area contributed by atoms with Crippen LogP contribution in [-0.4, -0.2) is 29.9 Å². The van der Waals surface area contributed by atoms with Crippen LogP contribution in [-0.2, 0) is 14.3 Å². The minimum absolute atomic E-state index is 0.258. The Morgan fingerprint density at radius 1 is 0.967 bits per heavy atom. The van der Waals surface area contributed by atoms with Crippen molar-refractivity contribution >= 4 is 17.6 Å². The summed E-state index contributed by atoms with van der Waals surface area (Å²) in [4.78, 5) is 12.2. The van der Waals surface area contributed by atoms with Gasteiger partial charge in [0, 0.05) is 5.57 Å². The molecule has 0 atom stereocenters. The fourth-order valence-corrected chi connectivity index (χ4v) is 3.48. The maximum Gasteiger partial charge on any atom is 0.334 e. The number of carbonyl (C=O) groups excluding carboxylic acids is 1. The summed E-state index contributed by atoms with van der Waals surface area (Å²) >= 11 is 0. The summed E-state index contributed by atoms with van der Waals surface area (Å²) in [6, 6.07) is 15.5. The Kier molecular flexibility index (Phi) is 6.78. The van der Waals surface area contributed by atoms with Gasteiger partial charge in [-0.3, -0.25) is 0 Å². The lowest BCUT2D eigenvalue weighted by molar-refractivity contribution is -0.149. The van der Waals surface area contributed by atoms with E-state index < -0.39 is 5.60 Å². The zero-order chi connectivity index (χ0) is 21.7. The predicted molar refractivity (Wildman–Crippen MR) is 120 cm³/mol. The SMILES string of the molecule is C/C(=C\c1ccc(C(=C2CCOCC2)c2ccc(O)cc2)cc1)C(=O)OC(C)(C)C. The van der Waals surface area contributed by atoms with E-state index in [4.69, 9.17) is 9.47 Å². The van der Waals surface area contributed by atoms with Crippen LogP contribution in [0.1, 0.15) is 57.2 Å². The van der Waals surface area contributed by atoms with Gasteiger partial charge in [0.05, 0.1) is 13.2 Å². The average molecular weight is 407 g/mol. The third kappa shape index (κ3) is 5.83. The van der Waals surface area contributed by atoms with Gasteiger partial charge < -0.3 is 14.6 Å². The number of aromatic hydroxyl groups is 1. The van der Waals surface area contributed by atoms with Crippen LogP contribution >= 0.6 is 0 Å². The zero-order valence-corrected chi connectivity index (χ0v) is 18.2. The second kappa shape index (κ2) is 9.31. The maximum atomic E-state index is 12.2. The molecule has 1 aliphatic heterocycles. The normalized spacial score (nSPS) is 15.1. The van der Waals surface area contributed by atoms with Gasteiger partial charge in [-0.05, 0) is 81.0 Å². The van der Waals surface area contributed by atoms with E-state index in [1.54, 1.807) is 19.1 Å². The molecular weight excluding hydrogens is 376 g/mol. The minimum atomic E-state index is -0.509. The molecule has 0 aromatic heterocycles. The fraction of sp³-hybridized carbons (Fsp3) is 0.346. The van der Waals surface area contributed by atoms with Gasteiger partial charge in [0.1, 0.15) is 11.4 Å². The lowest BCUT2D eigenvalue weighted by Crippen LogP contribution is -2.24. The molecule has 2 aromatic rings. The zero-order valence-electron chi connectivity index (χ0n) is 18.2. The van der Waals surface area contributed by atoms with E-state index in [-0.39, 0.29) is 11.7 Å². The van der Waals surface area contributed by atoms with Crippen molar-refractivity contribution in [2.75, 3.05) is 13.2 Å². The van der Waals surface area contributed by atoms with Crippen LogP contribution in [0, 0.1) is 0 Å². The maximum absolute atomic E-state index is 12.2. The van der Waals surface area contributed by atoms with Gasteiger partial charge in [0.25, 0.3) is 0 Å². The van der Waals surface area contributed by atoms with E-state index in [1.165, 1.54) is 11.1 Å². The largest absolute Gasteiger partial charge is 0.508 e. The molecule has 30 heavy (non-hydrogen) atoms. The van der Waals surface area contributed by atoms with Gasteiger partial charge in [-0.15, -0.1) is 0 Å². The van der Waals surface area contributed by atoms with Crippen molar-refractivity contribution in [1.29, 1.82) is 0 Å². The highest BCUT2D eigenvalue weighted by atomic mass is 16.6. The summed E-state index contributed by atoms with van der Waals surface area (Å²) in [7, 11) is 0. The molecule has 1 heterocycles. The highest BCUT2D eigenvalue weighted by molar-refractivity contribution is 5.93. The summed E-state index contributed by atoms with van der Waals surface area (Å²) in [5.74, 6) is -0.0473. The van der Waals surface area contributed by atoms with E-state index in [0.717, 1.165) is 42.7 Å². The van der Waals surface area contributed by atoms with Gasteiger partial charge in [-0.1, -0.05) is 42.0 Å². The van der Waals surface area contributed by atoms with Crippen molar-refractivity contribution in [2.45, 2.75) is 46.1 Å². The molecule has 158 valence electrons. The first-order chi connectivity index (χ1) is 14.2. The number of benzene rings is 2. The van der Waals surface area contributed by atoms with Crippen LogP contribution in [0.5, 0.6) is 5.75 Å². The van der Waals surface area contributed by atoms with Crippen molar-refractivity contribution in [1.82, 2.24) is 0 Å². The number of ether oxygens (including phenoxy) is 2. The second-order valence-electron chi connectivity index (χ2n) is 8.59. The van der Waals surface area contributed by atoms with Crippen molar-refractivity contribution in [2.24, 2.45) is 0 Å². The summed E-state index contributed by atoms with van der Waals surface area (Å²) in [6.07, 6.45) is 3.64. The van der Waals surface area contributed by atoms with Gasteiger partial charge >= 0.3 is 5.97 Å². The molecule has 0 amide bonds. The van der Waals surface area contributed by atoms with Crippen LogP contribution in [0.4, 0.5) is 0 Å². The molecular formula is C26H30O4. The standard InChI is InChI=1S/C26H30O4/c1-18(25(28)30-26(2,3)4)17-19-5-7-20(8-6-19)24(22-13-15-29-16-14-22)21-9-11-23(27)12-10-21/h5-12,17,27H,13-16H2,1-4H3/b18-17+. The van der Waals surface area contributed by atoms with Crippen molar-refractivity contribution in [3.05, 3.63) is 76.4 Å². The van der Waals surface area contributed by atoms with E-state index in [2.05, 4.69) is 12.1 Å². The number of rotatable bonds is 4.